The maximum Gasteiger partial charge on any atom is 0.231 e. The van der Waals surface area contributed by atoms with E-state index in [-0.39, 0.29) is 44.6 Å². The summed E-state index contributed by atoms with van der Waals surface area (Å²) in [5, 5.41) is 12.7. The van der Waals surface area contributed by atoms with Gasteiger partial charge in [-0.25, -0.2) is 0 Å². The predicted octanol–water partition coefficient (Wildman–Crippen LogP) is 2.19. The molecule has 2 N–H and O–H groups in total. The second-order valence-electron chi connectivity index (χ2n) is 7.15. The number of nitrogens with one attached hydrogen (secondary N) is 1. The molecule has 2 aromatic rings. The molecule has 164 valence electrons. The van der Waals surface area contributed by atoms with Gasteiger partial charge in [0.1, 0.15) is 18.5 Å². The third kappa shape index (κ3) is 5.42. The number of carbonyl (C=O) groups excluding carboxylic acids is 2. The minimum absolute atomic E-state index is 0.0150. The Morgan fingerprint density at radius 1 is 1.16 bits per heavy atom. The highest BCUT2D eigenvalue weighted by atomic mass is 32.2. The third-order valence-electron chi connectivity index (χ3n) is 4.92. The van der Waals surface area contributed by atoms with Gasteiger partial charge in [-0.3, -0.25) is 9.59 Å². The lowest BCUT2D eigenvalue weighted by molar-refractivity contribution is -0.125. The van der Waals surface area contributed by atoms with Gasteiger partial charge in [-0.15, -0.1) is 11.8 Å². The van der Waals surface area contributed by atoms with Gasteiger partial charge in [-0.05, 0) is 24.3 Å². The molecule has 2 amide bonds. The van der Waals surface area contributed by atoms with Gasteiger partial charge in [0, 0.05) is 42.6 Å². The number of benzene rings is 2. The lowest BCUT2D eigenvalue weighted by Gasteiger charge is -2.29. The molecule has 2 aliphatic heterocycles. The monoisotopic (exact) mass is 444 g/mol. The van der Waals surface area contributed by atoms with E-state index in [0.29, 0.717) is 23.8 Å². The molecular weight excluding hydrogens is 420 g/mol. The normalized spacial score (nSPS) is 15.2. The van der Waals surface area contributed by atoms with Crippen LogP contribution in [0.4, 0.5) is 5.69 Å². The number of aliphatic hydroxyl groups is 1. The average molecular weight is 445 g/mol. The quantitative estimate of drug-likeness (QED) is 0.644. The van der Waals surface area contributed by atoms with Crippen molar-refractivity contribution in [2.24, 2.45) is 0 Å². The van der Waals surface area contributed by atoms with Crippen LogP contribution < -0.4 is 24.4 Å². The first-order valence-corrected chi connectivity index (χ1v) is 11.1. The smallest absolute Gasteiger partial charge is 0.231 e. The van der Waals surface area contributed by atoms with Crippen molar-refractivity contribution in [1.82, 2.24) is 5.32 Å². The number of hydrogen-bond acceptors (Lipinski definition) is 7. The van der Waals surface area contributed by atoms with Crippen LogP contribution in [0.3, 0.4) is 0 Å². The van der Waals surface area contributed by atoms with Crippen LogP contribution >= 0.6 is 11.8 Å². The lowest BCUT2D eigenvalue weighted by Crippen LogP contribution is -2.38. The van der Waals surface area contributed by atoms with Crippen LogP contribution in [0.1, 0.15) is 12.8 Å². The zero-order valence-corrected chi connectivity index (χ0v) is 17.7. The van der Waals surface area contributed by atoms with E-state index in [0.717, 1.165) is 16.3 Å². The van der Waals surface area contributed by atoms with E-state index >= 15 is 0 Å². The van der Waals surface area contributed by atoms with Crippen molar-refractivity contribution in [3.05, 3.63) is 42.5 Å². The number of anilines is 1. The highest BCUT2D eigenvalue weighted by molar-refractivity contribution is 7.99. The SMILES string of the molecule is O=C(CCC(=O)N1CCSc2ccccc21)NCC(O)COc1ccc2c(c1)OCO2. The third-order valence-corrected chi connectivity index (χ3v) is 5.96. The average Bonchev–Trinajstić information content (AvgIpc) is 3.27. The molecule has 8 nitrogen and oxygen atoms in total. The van der Waals surface area contributed by atoms with Crippen molar-refractivity contribution >= 4 is 29.3 Å². The summed E-state index contributed by atoms with van der Waals surface area (Å²) in [5.74, 6) is 2.27. The Hall–Kier alpha value is -2.91. The van der Waals surface area contributed by atoms with Gasteiger partial charge >= 0.3 is 0 Å². The van der Waals surface area contributed by atoms with Crippen molar-refractivity contribution < 1.29 is 28.9 Å². The highest BCUT2D eigenvalue weighted by Crippen LogP contribution is 2.35. The Bertz CT molecular complexity index is 953. The van der Waals surface area contributed by atoms with E-state index in [2.05, 4.69) is 5.32 Å². The molecule has 0 aromatic heterocycles. The molecule has 0 aliphatic carbocycles. The summed E-state index contributed by atoms with van der Waals surface area (Å²) in [6.45, 7) is 0.874. The molecule has 0 saturated carbocycles. The van der Waals surface area contributed by atoms with Gasteiger partial charge in [-0.1, -0.05) is 12.1 Å². The van der Waals surface area contributed by atoms with Gasteiger partial charge < -0.3 is 29.5 Å². The number of para-hydroxylation sites is 1. The number of carbonyl (C=O) groups is 2. The Morgan fingerprint density at radius 3 is 2.90 bits per heavy atom. The fourth-order valence-electron chi connectivity index (χ4n) is 3.32. The molecule has 4 rings (SSSR count). The van der Waals surface area contributed by atoms with Crippen molar-refractivity contribution in [3.63, 3.8) is 0 Å². The molecule has 0 saturated heterocycles. The summed E-state index contributed by atoms with van der Waals surface area (Å²) in [7, 11) is 0. The highest BCUT2D eigenvalue weighted by Gasteiger charge is 2.23. The Morgan fingerprint density at radius 2 is 2.00 bits per heavy atom. The molecule has 2 aliphatic rings. The van der Waals surface area contributed by atoms with Crippen LogP contribution in [0.25, 0.3) is 0 Å². The lowest BCUT2D eigenvalue weighted by atomic mass is 10.2. The number of hydrogen-bond donors (Lipinski definition) is 2. The van der Waals surface area contributed by atoms with Gasteiger partial charge in [0.15, 0.2) is 11.5 Å². The summed E-state index contributed by atoms with van der Waals surface area (Å²) >= 11 is 1.73. The molecule has 0 bridgehead atoms. The molecule has 0 spiro atoms. The Kier molecular flexibility index (Phi) is 6.83. The number of fused-ring (bicyclic) bond motifs is 2. The second kappa shape index (κ2) is 9.93. The van der Waals surface area contributed by atoms with E-state index in [4.69, 9.17) is 14.2 Å². The first-order chi connectivity index (χ1) is 15.1. The standard InChI is InChI=1S/C22H24N2O6S/c25-15(13-28-16-5-6-18-19(11-16)30-14-29-18)12-23-21(26)7-8-22(27)24-9-10-31-20-4-2-1-3-17(20)24/h1-6,11,15,25H,7-10,12-14H2,(H,23,26). The maximum atomic E-state index is 12.6. The van der Waals surface area contributed by atoms with Crippen molar-refractivity contribution in [2.45, 2.75) is 23.8 Å². The number of ether oxygens (including phenoxy) is 3. The predicted molar refractivity (Wildman–Crippen MR) is 116 cm³/mol. The van der Waals surface area contributed by atoms with Crippen LogP contribution in [0.15, 0.2) is 47.4 Å². The Labute approximate surface area is 184 Å². The van der Waals surface area contributed by atoms with Gasteiger partial charge in [-0.2, -0.15) is 0 Å². The molecule has 31 heavy (non-hydrogen) atoms. The van der Waals surface area contributed by atoms with E-state index in [1.807, 2.05) is 24.3 Å². The second-order valence-corrected chi connectivity index (χ2v) is 8.28. The number of rotatable bonds is 8. The van der Waals surface area contributed by atoms with E-state index < -0.39 is 6.10 Å². The number of thioether (sulfide) groups is 1. The zero-order chi connectivity index (χ0) is 21.6. The minimum Gasteiger partial charge on any atom is -0.491 e. The van der Waals surface area contributed by atoms with Crippen LogP contribution in [0.5, 0.6) is 17.2 Å². The van der Waals surface area contributed by atoms with Crippen molar-refractivity contribution in [3.8, 4) is 17.2 Å². The molecule has 0 fully saturated rings. The topological polar surface area (TPSA) is 97.3 Å². The summed E-state index contributed by atoms with van der Waals surface area (Å²) in [5.41, 5.74) is 0.903. The Balaban J connectivity index is 1.17. The largest absolute Gasteiger partial charge is 0.491 e. The first-order valence-electron chi connectivity index (χ1n) is 10.1. The summed E-state index contributed by atoms with van der Waals surface area (Å²) in [6.07, 6.45) is -0.689. The van der Waals surface area contributed by atoms with Gasteiger partial charge in [0.25, 0.3) is 0 Å². The minimum atomic E-state index is -0.879. The van der Waals surface area contributed by atoms with Crippen LogP contribution in [-0.2, 0) is 9.59 Å². The first kappa shape index (κ1) is 21.3. The van der Waals surface area contributed by atoms with E-state index in [1.54, 1.807) is 34.9 Å². The summed E-state index contributed by atoms with van der Waals surface area (Å²) in [4.78, 5) is 27.5. The maximum absolute atomic E-state index is 12.6. The van der Waals surface area contributed by atoms with Gasteiger partial charge in [0.2, 0.25) is 18.6 Å². The van der Waals surface area contributed by atoms with Crippen LogP contribution in [0.2, 0.25) is 0 Å². The molecule has 0 radical (unpaired) electrons. The fourth-order valence-corrected chi connectivity index (χ4v) is 4.32. The van der Waals surface area contributed by atoms with Crippen LogP contribution in [0, 0.1) is 0 Å². The zero-order valence-electron chi connectivity index (χ0n) is 16.9. The number of aliphatic hydroxyl groups excluding tert-OH is 1. The molecule has 2 aromatic carbocycles. The van der Waals surface area contributed by atoms with Crippen LogP contribution in [-0.4, -0.2) is 55.3 Å². The summed E-state index contributed by atoms with van der Waals surface area (Å²) < 4.78 is 16.1. The molecule has 1 atom stereocenters. The molecule has 2 heterocycles. The van der Waals surface area contributed by atoms with Crippen molar-refractivity contribution in [2.75, 3.05) is 37.1 Å². The van der Waals surface area contributed by atoms with Crippen molar-refractivity contribution in [1.29, 1.82) is 0 Å². The number of amides is 2. The molecule has 1 unspecified atom stereocenters. The van der Waals surface area contributed by atoms with Gasteiger partial charge in [0.05, 0.1) is 5.69 Å². The molecule has 9 heteroatoms. The molecular formula is C22H24N2O6S. The van der Waals surface area contributed by atoms with E-state index in [9.17, 15) is 14.7 Å². The fraction of sp³-hybridized carbons (Fsp3) is 0.364. The van der Waals surface area contributed by atoms with E-state index in [1.165, 1.54) is 0 Å². The summed E-state index contributed by atoms with van der Waals surface area (Å²) in [6, 6.07) is 12.9. The number of nitrogens with zero attached hydrogens (tertiary/aromatic N) is 1.